The Morgan fingerprint density at radius 3 is 2.80 bits per heavy atom. The van der Waals surface area contributed by atoms with Crippen LogP contribution in [0.2, 0.25) is 0 Å². The highest BCUT2D eigenvalue weighted by molar-refractivity contribution is 4.74. The van der Waals surface area contributed by atoms with Crippen molar-refractivity contribution in [1.29, 1.82) is 0 Å². The number of nitrogens with zero attached hydrogens (tertiary/aromatic N) is 1. The predicted molar refractivity (Wildman–Crippen MR) is 67.2 cm³/mol. The number of likely N-dealkylation sites (tertiary alicyclic amines) is 1. The van der Waals surface area contributed by atoms with E-state index in [4.69, 9.17) is 0 Å². The van der Waals surface area contributed by atoms with Crippen LogP contribution < -0.4 is 5.32 Å². The Kier molecular flexibility index (Phi) is 6.26. The van der Waals surface area contributed by atoms with Gasteiger partial charge in [-0.25, -0.2) is 0 Å². The molecule has 0 saturated carbocycles. The Labute approximate surface area is 95.4 Å². The van der Waals surface area contributed by atoms with Gasteiger partial charge in [0.05, 0.1) is 0 Å². The van der Waals surface area contributed by atoms with Crippen LogP contribution in [0.3, 0.4) is 0 Å². The first-order valence-corrected chi connectivity index (χ1v) is 6.66. The lowest BCUT2D eigenvalue weighted by Gasteiger charge is -2.27. The van der Waals surface area contributed by atoms with Gasteiger partial charge in [-0.1, -0.05) is 13.3 Å². The molecular weight excluding hydrogens is 184 g/mol. The molecule has 1 saturated heterocycles. The average molecular weight is 212 g/mol. The van der Waals surface area contributed by atoms with Crippen LogP contribution in [0, 0.1) is 5.92 Å². The minimum atomic E-state index is 0.757. The molecule has 0 aromatic rings. The molecule has 0 spiro atoms. The Morgan fingerprint density at radius 1 is 1.33 bits per heavy atom. The van der Waals surface area contributed by atoms with Gasteiger partial charge in [-0.3, -0.25) is 0 Å². The van der Waals surface area contributed by atoms with Gasteiger partial charge in [0, 0.05) is 6.04 Å². The molecule has 0 amide bonds. The second-order valence-corrected chi connectivity index (χ2v) is 4.98. The molecule has 2 heteroatoms. The third-order valence-electron chi connectivity index (χ3n) is 3.90. The minimum absolute atomic E-state index is 0.757. The molecule has 2 atom stereocenters. The standard InChI is InChI=1S/C13H28N2/c1-4-13-6-5-10-15(11-8-13)12(2)7-9-14-3/h12-14H,4-11H2,1-3H3. The molecule has 1 fully saturated rings. The zero-order valence-electron chi connectivity index (χ0n) is 10.8. The Bertz CT molecular complexity index is 159. The van der Waals surface area contributed by atoms with Gasteiger partial charge in [0.2, 0.25) is 0 Å². The van der Waals surface area contributed by atoms with Gasteiger partial charge in [0.15, 0.2) is 0 Å². The summed E-state index contributed by atoms with van der Waals surface area (Å²) in [5.74, 6) is 0.992. The number of rotatable bonds is 5. The van der Waals surface area contributed by atoms with Crippen LogP contribution in [0.15, 0.2) is 0 Å². The van der Waals surface area contributed by atoms with Crippen molar-refractivity contribution in [3.63, 3.8) is 0 Å². The van der Waals surface area contributed by atoms with E-state index < -0.39 is 0 Å². The molecule has 1 heterocycles. The molecule has 15 heavy (non-hydrogen) atoms. The largest absolute Gasteiger partial charge is 0.320 e. The molecular formula is C13H28N2. The lowest BCUT2D eigenvalue weighted by atomic mass is 9.98. The molecule has 0 radical (unpaired) electrons. The molecule has 0 aromatic heterocycles. The molecule has 1 N–H and O–H groups in total. The van der Waals surface area contributed by atoms with Gasteiger partial charge in [-0.05, 0) is 65.2 Å². The van der Waals surface area contributed by atoms with Crippen molar-refractivity contribution in [1.82, 2.24) is 10.2 Å². The predicted octanol–water partition coefficient (Wildman–Crippen LogP) is 2.50. The third kappa shape index (κ3) is 4.52. The van der Waals surface area contributed by atoms with Gasteiger partial charge < -0.3 is 10.2 Å². The molecule has 1 rings (SSSR count). The van der Waals surface area contributed by atoms with Crippen molar-refractivity contribution in [2.45, 2.75) is 52.0 Å². The second-order valence-electron chi connectivity index (χ2n) is 4.98. The average Bonchev–Trinajstić information content (AvgIpc) is 2.50. The topological polar surface area (TPSA) is 15.3 Å². The van der Waals surface area contributed by atoms with Crippen LogP contribution in [-0.2, 0) is 0 Å². The molecule has 2 unspecified atom stereocenters. The molecule has 0 bridgehead atoms. The van der Waals surface area contributed by atoms with E-state index in [1.807, 2.05) is 7.05 Å². The van der Waals surface area contributed by atoms with Crippen molar-refractivity contribution < 1.29 is 0 Å². The van der Waals surface area contributed by atoms with E-state index >= 15 is 0 Å². The summed E-state index contributed by atoms with van der Waals surface area (Å²) in [6.45, 7) is 8.51. The highest BCUT2D eigenvalue weighted by Crippen LogP contribution is 2.21. The summed E-state index contributed by atoms with van der Waals surface area (Å²) in [5.41, 5.74) is 0. The summed E-state index contributed by atoms with van der Waals surface area (Å²) in [4.78, 5) is 2.69. The van der Waals surface area contributed by atoms with Crippen LogP contribution >= 0.6 is 0 Å². The Morgan fingerprint density at radius 2 is 2.13 bits per heavy atom. The first-order valence-electron chi connectivity index (χ1n) is 6.66. The fraction of sp³-hybridized carbons (Fsp3) is 1.00. The summed E-state index contributed by atoms with van der Waals surface area (Å²) >= 11 is 0. The minimum Gasteiger partial charge on any atom is -0.320 e. The quantitative estimate of drug-likeness (QED) is 0.753. The summed E-state index contributed by atoms with van der Waals surface area (Å²) < 4.78 is 0. The monoisotopic (exact) mass is 212 g/mol. The zero-order valence-corrected chi connectivity index (χ0v) is 10.8. The molecule has 2 nitrogen and oxygen atoms in total. The highest BCUT2D eigenvalue weighted by Gasteiger charge is 2.19. The molecule has 90 valence electrons. The smallest absolute Gasteiger partial charge is 0.00790 e. The maximum absolute atomic E-state index is 3.25. The fourth-order valence-corrected chi connectivity index (χ4v) is 2.57. The molecule has 0 aliphatic carbocycles. The van der Waals surface area contributed by atoms with E-state index in [2.05, 4.69) is 24.1 Å². The van der Waals surface area contributed by atoms with E-state index in [0.29, 0.717) is 0 Å². The third-order valence-corrected chi connectivity index (χ3v) is 3.90. The SMILES string of the molecule is CCC1CCCN(C(C)CCNC)CC1. The van der Waals surface area contributed by atoms with Crippen LogP contribution in [0.25, 0.3) is 0 Å². The van der Waals surface area contributed by atoms with Crippen molar-refractivity contribution in [3.05, 3.63) is 0 Å². The van der Waals surface area contributed by atoms with Gasteiger partial charge >= 0.3 is 0 Å². The van der Waals surface area contributed by atoms with E-state index in [1.54, 1.807) is 0 Å². The van der Waals surface area contributed by atoms with E-state index in [1.165, 1.54) is 45.2 Å². The second kappa shape index (κ2) is 7.24. The Hall–Kier alpha value is -0.0800. The van der Waals surface area contributed by atoms with E-state index in [0.717, 1.165) is 18.5 Å². The summed E-state index contributed by atoms with van der Waals surface area (Å²) in [6, 6.07) is 0.757. The summed E-state index contributed by atoms with van der Waals surface area (Å²) in [5, 5.41) is 3.25. The maximum atomic E-state index is 3.25. The van der Waals surface area contributed by atoms with Gasteiger partial charge in [-0.15, -0.1) is 0 Å². The van der Waals surface area contributed by atoms with E-state index in [-0.39, 0.29) is 0 Å². The van der Waals surface area contributed by atoms with Crippen LogP contribution in [0.4, 0.5) is 0 Å². The van der Waals surface area contributed by atoms with Gasteiger partial charge in [0.25, 0.3) is 0 Å². The fourth-order valence-electron chi connectivity index (χ4n) is 2.57. The molecule has 1 aliphatic heterocycles. The van der Waals surface area contributed by atoms with Gasteiger partial charge in [0.1, 0.15) is 0 Å². The van der Waals surface area contributed by atoms with Crippen molar-refractivity contribution in [3.8, 4) is 0 Å². The molecule has 0 aromatic carbocycles. The highest BCUT2D eigenvalue weighted by atomic mass is 15.1. The number of nitrogens with one attached hydrogen (secondary N) is 1. The van der Waals surface area contributed by atoms with Crippen molar-refractivity contribution in [2.24, 2.45) is 5.92 Å². The van der Waals surface area contributed by atoms with Crippen LogP contribution in [0.5, 0.6) is 0 Å². The number of hydrogen-bond acceptors (Lipinski definition) is 2. The molecule has 1 aliphatic rings. The van der Waals surface area contributed by atoms with Crippen molar-refractivity contribution in [2.75, 3.05) is 26.7 Å². The van der Waals surface area contributed by atoms with E-state index in [9.17, 15) is 0 Å². The summed E-state index contributed by atoms with van der Waals surface area (Å²) in [7, 11) is 2.04. The zero-order chi connectivity index (χ0) is 11.1. The lowest BCUT2D eigenvalue weighted by molar-refractivity contribution is 0.204. The van der Waals surface area contributed by atoms with Crippen LogP contribution in [-0.4, -0.2) is 37.6 Å². The van der Waals surface area contributed by atoms with Crippen LogP contribution in [0.1, 0.15) is 46.0 Å². The van der Waals surface area contributed by atoms with Crippen molar-refractivity contribution >= 4 is 0 Å². The first-order chi connectivity index (χ1) is 7.27. The van der Waals surface area contributed by atoms with Gasteiger partial charge in [-0.2, -0.15) is 0 Å². The Balaban J connectivity index is 2.29. The maximum Gasteiger partial charge on any atom is 0.00790 e. The lowest BCUT2D eigenvalue weighted by Crippen LogP contribution is -2.35. The first kappa shape index (κ1) is 13.0. The normalized spacial score (nSPS) is 26.2. The number of hydrogen-bond donors (Lipinski definition) is 1. The summed E-state index contributed by atoms with van der Waals surface area (Å²) in [6.07, 6.45) is 6.93.